The molecule has 0 amide bonds. The van der Waals surface area contributed by atoms with Crippen molar-refractivity contribution in [3.05, 3.63) is 204 Å². The van der Waals surface area contributed by atoms with E-state index >= 15 is 0 Å². The van der Waals surface area contributed by atoms with Gasteiger partial charge in [0.15, 0.2) is 11.6 Å². The summed E-state index contributed by atoms with van der Waals surface area (Å²) in [5, 5.41) is 23.6. The van der Waals surface area contributed by atoms with Crippen molar-refractivity contribution in [1.82, 2.24) is 9.97 Å². The third-order valence-corrected chi connectivity index (χ3v) is 14.3. The van der Waals surface area contributed by atoms with Gasteiger partial charge in [-0.05, 0) is 124 Å². The predicted molar refractivity (Wildman–Crippen MR) is 306 cm³/mol. The van der Waals surface area contributed by atoms with E-state index in [9.17, 15) is 9.59 Å². The van der Waals surface area contributed by atoms with Gasteiger partial charge in [-0.2, -0.15) is 0 Å². The van der Waals surface area contributed by atoms with Gasteiger partial charge in [-0.1, -0.05) is 118 Å². The molecule has 6 aromatic carbocycles. The Kier molecular flexibility index (Phi) is 18.4. The molecule has 12 rings (SSSR count). The molecule has 8 nitrogen and oxygen atoms in total. The molecule has 6 heterocycles. The standard InChI is InChI=1S/C28H20NOS.C26H16NOS.2C5H8O2.2Ir/c1-16-11-17(2)27(18(3)12-16)25-14-19-13-23(29-15-26(19)31-25)22-9-6-8-21-20-7-4-5-10-24(20)30-28(21)22;1-16-9-11-17(12-10-16)24-14-18-13-22(27-15-25(18)29-24)21-7-4-6-20-19-5-2-3-8-23(19)28-26(20)21;2*1-4(6)3-5(2)7;;/h4-8,10-15H,1-3H3;2-6,8-15H,1H3;2*3,6H,1-2H3;;/q2*-1;;;;. The van der Waals surface area contributed by atoms with Crippen molar-refractivity contribution in [3.8, 4) is 43.4 Å². The summed E-state index contributed by atoms with van der Waals surface area (Å²) in [6.07, 6.45) is 6.27. The van der Waals surface area contributed by atoms with E-state index in [1.807, 2.05) is 60.9 Å². The van der Waals surface area contributed by atoms with Crippen LogP contribution in [-0.4, -0.2) is 31.7 Å². The Morgan fingerprint density at radius 1 is 0.526 bits per heavy atom. The van der Waals surface area contributed by atoms with E-state index < -0.39 is 0 Å². The SMILES string of the molecule is CC(=O)C=C(C)O.CC(=O)C=C(C)O.Cc1cc(C)c(-c2cc3cc(-c4[c-]ccc5c4oc4ccccc45)ncc3s2)c(C)c1.Cc1ccc(-c2cc3cc(-c4[c-]ccc5c4oc4ccccc45)ncc3s2)cc1.[Ir].[Ir]. The first kappa shape index (κ1) is 56.6. The van der Waals surface area contributed by atoms with Crippen molar-refractivity contribution >= 4 is 98.3 Å². The number of fused-ring (bicyclic) bond motifs is 8. The van der Waals surface area contributed by atoms with E-state index in [2.05, 4.69) is 125 Å². The average Bonchev–Trinajstić information content (AvgIpc) is 4.16. The molecular formula is C64H52Ir2N2O6S2-2. The van der Waals surface area contributed by atoms with Gasteiger partial charge in [-0.3, -0.25) is 9.59 Å². The van der Waals surface area contributed by atoms with Crippen LogP contribution in [0.15, 0.2) is 178 Å². The van der Waals surface area contributed by atoms with Crippen LogP contribution in [0, 0.1) is 39.8 Å². The summed E-state index contributed by atoms with van der Waals surface area (Å²) >= 11 is 3.57. The van der Waals surface area contributed by atoms with Crippen LogP contribution in [-0.2, 0) is 49.8 Å². The van der Waals surface area contributed by atoms with Gasteiger partial charge >= 0.3 is 0 Å². The van der Waals surface area contributed by atoms with Gasteiger partial charge in [0.2, 0.25) is 0 Å². The molecule has 386 valence electrons. The maximum Gasteiger partial charge on any atom is 0.155 e. The fourth-order valence-corrected chi connectivity index (χ4v) is 11.3. The van der Waals surface area contributed by atoms with E-state index in [-0.39, 0.29) is 63.3 Å². The monoisotopic (exact) mass is 1390 g/mol. The van der Waals surface area contributed by atoms with E-state index in [1.165, 1.54) is 103 Å². The maximum atomic E-state index is 10.0. The summed E-state index contributed by atoms with van der Waals surface area (Å²) in [6, 6.07) is 53.0. The number of para-hydroxylation sites is 2. The van der Waals surface area contributed by atoms with Gasteiger partial charge < -0.3 is 29.0 Å². The number of benzene rings is 6. The Bertz CT molecular complexity index is 4080. The van der Waals surface area contributed by atoms with E-state index in [0.29, 0.717) is 0 Å². The molecule has 0 fully saturated rings. The van der Waals surface area contributed by atoms with Gasteiger partial charge in [0.1, 0.15) is 11.2 Å². The zero-order valence-corrected chi connectivity index (χ0v) is 49.3. The van der Waals surface area contributed by atoms with Crippen LogP contribution in [0.25, 0.3) is 107 Å². The predicted octanol–water partition coefficient (Wildman–Crippen LogP) is 18.0. The number of allylic oxidation sites excluding steroid dienone is 4. The average molecular weight is 1390 g/mol. The first-order valence-corrected chi connectivity index (χ1v) is 25.6. The molecular weight excluding hydrogens is 1340 g/mol. The molecule has 0 saturated carbocycles. The van der Waals surface area contributed by atoms with Gasteiger partial charge in [0.25, 0.3) is 0 Å². The minimum absolute atomic E-state index is 0. The summed E-state index contributed by atoms with van der Waals surface area (Å²) in [6.45, 7) is 14.4. The molecule has 76 heavy (non-hydrogen) atoms. The van der Waals surface area contributed by atoms with Crippen LogP contribution >= 0.6 is 22.7 Å². The minimum atomic E-state index is -0.125. The fourth-order valence-electron chi connectivity index (χ4n) is 9.07. The minimum Gasteiger partial charge on any atom is -0.512 e. The summed E-state index contributed by atoms with van der Waals surface area (Å²) in [7, 11) is 0. The second-order valence-electron chi connectivity index (χ2n) is 18.3. The molecule has 0 spiro atoms. The van der Waals surface area contributed by atoms with Crippen LogP contribution < -0.4 is 0 Å². The van der Waals surface area contributed by atoms with Crippen LogP contribution in [0.3, 0.4) is 0 Å². The smallest absolute Gasteiger partial charge is 0.155 e. The number of pyridine rings is 2. The number of nitrogens with zero attached hydrogens (tertiary/aromatic N) is 2. The molecule has 2 radical (unpaired) electrons. The fraction of sp³-hybridized carbons (Fsp3) is 0.125. The Morgan fingerprint density at radius 3 is 1.39 bits per heavy atom. The molecule has 0 aliphatic rings. The normalized spacial score (nSPS) is 11.3. The summed E-state index contributed by atoms with van der Waals surface area (Å²) in [4.78, 5) is 32.1. The van der Waals surface area contributed by atoms with Crippen molar-refractivity contribution in [2.75, 3.05) is 0 Å². The van der Waals surface area contributed by atoms with Crippen molar-refractivity contribution < 1.29 is 68.8 Å². The number of aryl methyl sites for hydroxylation is 4. The molecule has 0 aliphatic carbocycles. The van der Waals surface area contributed by atoms with Gasteiger partial charge in [0, 0.05) is 85.3 Å². The summed E-state index contributed by atoms with van der Waals surface area (Å²) in [5.74, 6) is -0.125. The number of aliphatic hydroxyl groups excluding tert-OH is 2. The van der Waals surface area contributed by atoms with E-state index in [0.717, 1.165) is 66.4 Å². The number of aliphatic hydroxyl groups is 2. The second kappa shape index (κ2) is 24.7. The maximum absolute atomic E-state index is 10.0. The first-order valence-electron chi connectivity index (χ1n) is 23.9. The van der Waals surface area contributed by atoms with E-state index in [4.69, 9.17) is 29.0 Å². The third-order valence-electron chi connectivity index (χ3n) is 12.1. The van der Waals surface area contributed by atoms with Gasteiger partial charge in [-0.15, -0.1) is 59.1 Å². The Labute approximate surface area is 476 Å². The number of hydrogen-bond donors (Lipinski definition) is 2. The molecule has 12 aromatic rings. The Morgan fingerprint density at radius 2 is 0.961 bits per heavy atom. The number of ketones is 2. The number of furan rings is 2. The molecule has 0 bridgehead atoms. The Balaban J connectivity index is 0.000000174. The molecule has 0 saturated heterocycles. The van der Waals surface area contributed by atoms with Crippen molar-refractivity contribution in [3.63, 3.8) is 0 Å². The molecule has 0 atom stereocenters. The van der Waals surface area contributed by atoms with E-state index in [1.54, 1.807) is 22.7 Å². The zero-order valence-electron chi connectivity index (χ0n) is 42.9. The quantitative estimate of drug-likeness (QED) is 0.0958. The largest absolute Gasteiger partial charge is 0.512 e. The topological polar surface area (TPSA) is 127 Å². The van der Waals surface area contributed by atoms with Crippen molar-refractivity contribution in [1.29, 1.82) is 0 Å². The number of aromatic nitrogens is 2. The number of hydrogen-bond acceptors (Lipinski definition) is 10. The van der Waals surface area contributed by atoms with Gasteiger partial charge in [0.05, 0.1) is 32.1 Å². The number of thiophene rings is 2. The van der Waals surface area contributed by atoms with Crippen LogP contribution in [0.5, 0.6) is 0 Å². The second-order valence-corrected chi connectivity index (χ2v) is 20.4. The first-order chi connectivity index (χ1) is 35.6. The number of carbonyl (C=O) groups is 2. The third kappa shape index (κ3) is 12.7. The van der Waals surface area contributed by atoms with Crippen LogP contribution in [0.2, 0.25) is 0 Å². The molecule has 6 aromatic heterocycles. The Hall–Kier alpha value is -7.14. The molecule has 0 unspecified atom stereocenters. The molecule has 12 heteroatoms. The van der Waals surface area contributed by atoms with Gasteiger partial charge in [-0.25, -0.2) is 0 Å². The summed E-state index contributed by atoms with van der Waals surface area (Å²) < 4.78 is 14.7. The zero-order chi connectivity index (χ0) is 52.2. The molecule has 2 N–H and O–H groups in total. The van der Waals surface area contributed by atoms with Crippen molar-refractivity contribution in [2.24, 2.45) is 0 Å². The molecule has 0 aliphatic heterocycles. The number of carbonyl (C=O) groups excluding carboxylic acids is 2. The van der Waals surface area contributed by atoms with Crippen molar-refractivity contribution in [2.45, 2.75) is 55.4 Å². The summed E-state index contributed by atoms with van der Waals surface area (Å²) in [5.41, 5.74) is 14.8. The number of rotatable bonds is 6. The van der Waals surface area contributed by atoms with Crippen LogP contribution in [0.4, 0.5) is 0 Å². The van der Waals surface area contributed by atoms with Crippen LogP contribution in [0.1, 0.15) is 49.9 Å².